The van der Waals surface area contributed by atoms with Crippen molar-refractivity contribution in [2.45, 2.75) is 37.6 Å². The quantitative estimate of drug-likeness (QED) is 0.487. The van der Waals surface area contributed by atoms with Crippen LogP contribution in [0.15, 0.2) is 47.4 Å². The van der Waals surface area contributed by atoms with E-state index in [1.54, 1.807) is 19.9 Å². The van der Waals surface area contributed by atoms with Crippen molar-refractivity contribution in [3.05, 3.63) is 57.5 Å². The molecule has 0 aromatic heterocycles. The van der Waals surface area contributed by atoms with Crippen molar-refractivity contribution in [1.82, 2.24) is 4.72 Å². The average molecular weight is 514 g/mol. The van der Waals surface area contributed by atoms with Crippen LogP contribution in [0.3, 0.4) is 0 Å². The van der Waals surface area contributed by atoms with Crippen LogP contribution in [0.2, 0.25) is 15.1 Å². The van der Waals surface area contributed by atoms with E-state index in [0.717, 1.165) is 0 Å². The van der Waals surface area contributed by atoms with E-state index in [2.05, 4.69) is 4.72 Å². The lowest BCUT2D eigenvalue weighted by Crippen LogP contribution is -2.39. The maximum Gasteiger partial charge on any atom is 0.264 e. The van der Waals surface area contributed by atoms with E-state index in [-0.39, 0.29) is 27.8 Å². The Balaban J connectivity index is 2.41. The van der Waals surface area contributed by atoms with E-state index in [1.807, 2.05) is 0 Å². The summed E-state index contributed by atoms with van der Waals surface area (Å²) in [5.41, 5.74) is 0.223. The van der Waals surface area contributed by atoms with Crippen molar-refractivity contribution < 1.29 is 16.8 Å². The molecule has 0 aliphatic carbocycles. The molecule has 2 aromatic carbocycles. The van der Waals surface area contributed by atoms with E-state index in [0.29, 0.717) is 23.0 Å². The van der Waals surface area contributed by atoms with Gasteiger partial charge in [-0.3, -0.25) is 4.31 Å². The lowest BCUT2D eigenvalue weighted by molar-refractivity contribution is 0.562. The molecule has 6 nitrogen and oxygen atoms in total. The Bertz CT molecular complexity index is 1080. The maximum absolute atomic E-state index is 13.5. The van der Waals surface area contributed by atoms with Crippen LogP contribution in [0.5, 0.6) is 0 Å². The van der Waals surface area contributed by atoms with Gasteiger partial charge in [0.25, 0.3) is 10.0 Å². The van der Waals surface area contributed by atoms with Crippen molar-refractivity contribution >= 4 is 60.5 Å². The summed E-state index contributed by atoms with van der Waals surface area (Å²) in [5, 5.41) is 0.944. The monoisotopic (exact) mass is 512 g/mol. The van der Waals surface area contributed by atoms with Gasteiger partial charge < -0.3 is 0 Å². The lowest BCUT2D eigenvalue weighted by Gasteiger charge is -2.31. The van der Waals surface area contributed by atoms with E-state index in [9.17, 15) is 16.8 Å². The van der Waals surface area contributed by atoms with Gasteiger partial charge in [-0.05, 0) is 62.2 Å². The zero-order valence-electron chi connectivity index (χ0n) is 16.5. The van der Waals surface area contributed by atoms with Gasteiger partial charge in [-0.1, -0.05) is 41.7 Å². The molecule has 1 N–H and O–H groups in total. The molecule has 0 unspecified atom stereocenters. The number of anilines is 1. The van der Waals surface area contributed by atoms with Gasteiger partial charge in [0.05, 0.1) is 21.4 Å². The number of hydrogen-bond donors (Lipinski definition) is 1. The summed E-state index contributed by atoms with van der Waals surface area (Å²) in [5.74, 6) is -0.108. The minimum Gasteiger partial charge on any atom is -0.262 e. The fourth-order valence-corrected chi connectivity index (χ4v) is 6.34. The Labute approximate surface area is 193 Å². The number of halogens is 3. The van der Waals surface area contributed by atoms with Crippen LogP contribution in [-0.2, 0) is 20.0 Å². The highest BCUT2D eigenvalue weighted by atomic mass is 35.5. The smallest absolute Gasteiger partial charge is 0.262 e. The highest BCUT2D eigenvalue weighted by molar-refractivity contribution is 7.93. The number of rotatable bonds is 10. The molecule has 11 heteroatoms. The Kier molecular flexibility index (Phi) is 8.85. The second-order valence-electron chi connectivity index (χ2n) is 6.66. The third-order valence-corrected chi connectivity index (χ3v) is 8.62. The molecule has 0 saturated heterocycles. The van der Waals surface area contributed by atoms with E-state index in [4.69, 9.17) is 34.8 Å². The van der Waals surface area contributed by atoms with Crippen LogP contribution in [0.1, 0.15) is 26.7 Å². The van der Waals surface area contributed by atoms with Gasteiger partial charge in [0.1, 0.15) is 0 Å². The molecule has 0 heterocycles. The fourth-order valence-electron chi connectivity index (χ4n) is 2.96. The highest BCUT2D eigenvalue weighted by Crippen LogP contribution is 2.35. The molecule has 0 amide bonds. The zero-order chi connectivity index (χ0) is 22.5. The first kappa shape index (κ1) is 25.2. The number of hydrogen-bond acceptors (Lipinski definition) is 4. The summed E-state index contributed by atoms with van der Waals surface area (Å²) in [6.07, 6.45) is 0.557. The normalized spacial score (nSPS) is 13.2. The predicted molar refractivity (Wildman–Crippen MR) is 124 cm³/mol. The summed E-state index contributed by atoms with van der Waals surface area (Å²) in [4.78, 5) is 0.0371. The van der Waals surface area contributed by atoms with E-state index in [1.165, 1.54) is 40.7 Å². The standard InChI is InChI=1S/C19H23Cl3N2O4S2/c1-3-23-29(25,26)12-4-5-14(2)24(19-13-16(21)8-11-18(19)22)30(27,28)17-9-6-15(20)7-10-17/h6-11,13-14,23H,3-5,12H2,1-2H3/t14-/m1/s1. The first-order chi connectivity index (χ1) is 14.0. The molecular weight excluding hydrogens is 491 g/mol. The van der Waals surface area contributed by atoms with Crippen LogP contribution in [0, 0.1) is 0 Å². The summed E-state index contributed by atoms with van der Waals surface area (Å²) in [6.45, 7) is 3.69. The summed E-state index contributed by atoms with van der Waals surface area (Å²) >= 11 is 18.3. The van der Waals surface area contributed by atoms with Crippen LogP contribution in [-0.4, -0.2) is 35.2 Å². The summed E-state index contributed by atoms with van der Waals surface area (Å²) in [6, 6.07) is 9.76. The third-order valence-electron chi connectivity index (χ3n) is 4.32. The van der Waals surface area contributed by atoms with Crippen LogP contribution in [0.4, 0.5) is 5.69 Å². The lowest BCUT2D eigenvalue weighted by atomic mass is 10.2. The minimum absolute atomic E-state index is 0.0371. The molecule has 2 aromatic rings. The summed E-state index contributed by atoms with van der Waals surface area (Å²) < 4.78 is 54.3. The first-order valence-corrected chi connectivity index (χ1v) is 13.4. The molecule has 166 valence electrons. The molecule has 0 bridgehead atoms. The summed E-state index contributed by atoms with van der Waals surface area (Å²) in [7, 11) is -7.42. The molecule has 0 aliphatic rings. The van der Waals surface area contributed by atoms with Crippen molar-refractivity contribution in [2.24, 2.45) is 0 Å². The van der Waals surface area contributed by atoms with Gasteiger partial charge in [0, 0.05) is 22.6 Å². The first-order valence-electron chi connectivity index (χ1n) is 9.20. The molecule has 0 fully saturated rings. The molecule has 0 spiro atoms. The molecule has 0 saturated carbocycles. The predicted octanol–water partition coefficient (Wildman–Crippen LogP) is 4.95. The van der Waals surface area contributed by atoms with Crippen molar-refractivity contribution in [3.8, 4) is 0 Å². The van der Waals surface area contributed by atoms with Crippen molar-refractivity contribution in [1.29, 1.82) is 0 Å². The molecule has 0 radical (unpaired) electrons. The topological polar surface area (TPSA) is 83.6 Å². The second kappa shape index (κ2) is 10.5. The van der Waals surface area contributed by atoms with E-state index >= 15 is 0 Å². The van der Waals surface area contributed by atoms with Gasteiger partial charge in [0.15, 0.2) is 0 Å². The Morgan fingerprint density at radius 2 is 1.57 bits per heavy atom. The number of sulfonamides is 2. The zero-order valence-corrected chi connectivity index (χ0v) is 20.4. The number of nitrogens with zero attached hydrogens (tertiary/aromatic N) is 1. The highest BCUT2D eigenvalue weighted by Gasteiger charge is 2.31. The van der Waals surface area contributed by atoms with Gasteiger partial charge in [0.2, 0.25) is 10.0 Å². The Hall–Kier alpha value is -1.03. The van der Waals surface area contributed by atoms with Crippen LogP contribution < -0.4 is 9.03 Å². The van der Waals surface area contributed by atoms with Gasteiger partial charge >= 0.3 is 0 Å². The molecule has 0 aliphatic heterocycles. The molecule has 30 heavy (non-hydrogen) atoms. The molecule has 2 rings (SSSR count). The third kappa shape index (κ3) is 6.48. The average Bonchev–Trinajstić information content (AvgIpc) is 2.64. The fraction of sp³-hybridized carbons (Fsp3) is 0.368. The van der Waals surface area contributed by atoms with Crippen LogP contribution >= 0.6 is 34.8 Å². The van der Waals surface area contributed by atoms with Gasteiger partial charge in [-0.2, -0.15) is 0 Å². The second-order valence-corrected chi connectivity index (χ2v) is 11.7. The molecule has 1 atom stereocenters. The van der Waals surface area contributed by atoms with Crippen molar-refractivity contribution in [2.75, 3.05) is 16.6 Å². The largest absolute Gasteiger partial charge is 0.264 e. The number of benzene rings is 2. The number of nitrogens with one attached hydrogen (secondary N) is 1. The van der Waals surface area contributed by atoms with Gasteiger partial charge in [-0.25, -0.2) is 21.6 Å². The van der Waals surface area contributed by atoms with Gasteiger partial charge in [-0.15, -0.1) is 0 Å². The minimum atomic E-state index is -4.02. The maximum atomic E-state index is 13.5. The van der Waals surface area contributed by atoms with Crippen LogP contribution in [0.25, 0.3) is 0 Å². The van der Waals surface area contributed by atoms with Crippen molar-refractivity contribution in [3.63, 3.8) is 0 Å². The molecular formula is C19H23Cl3N2O4S2. The SMILES string of the molecule is CCNS(=O)(=O)CCC[C@@H](C)N(c1cc(Cl)ccc1Cl)S(=O)(=O)c1ccc(Cl)cc1. The Morgan fingerprint density at radius 1 is 0.967 bits per heavy atom. The van der Waals surface area contributed by atoms with E-state index < -0.39 is 26.1 Å². The Morgan fingerprint density at radius 3 is 2.17 bits per heavy atom.